The third kappa shape index (κ3) is 1.50. The third-order valence-electron chi connectivity index (χ3n) is 1.16. The van der Waals surface area contributed by atoms with Crippen LogP contribution in [-0.4, -0.2) is 18.5 Å². The van der Waals surface area contributed by atoms with Crippen LogP contribution in [-0.2, 0) is 4.79 Å². The summed E-state index contributed by atoms with van der Waals surface area (Å²) in [5.41, 5.74) is 4.25. The van der Waals surface area contributed by atoms with Crippen LogP contribution in [0.15, 0.2) is 0 Å². The molecule has 1 radical (unpaired) electrons. The standard InChI is InChI=1S/C5H11N2O/c1-5(2,7-3)4(6)8/h1-3H3,(H2,6,8). The molecule has 0 aromatic carbocycles. The van der Waals surface area contributed by atoms with Crippen molar-refractivity contribution >= 4 is 5.91 Å². The molecule has 0 aliphatic heterocycles. The van der Waals surface area contributed by atoms with Gasteiger partial charge in [-0.25, -0.2) is 5.32 Å². The van der Waals surface area contributed by atoms with Crippen molar-refractivity contribution in [3.63, 3.8) is 0 Å². The minimum Gasteiger partial charge on any atom is -0.368 e. The molecule has 0 spiro atoms. The van der Waals surface area contributed by atoms with Crippen LogP contribution in [0.3, 0.4) is 0 Å². The van der Waals surface area contributed by atoms with Crippen molar-refractivity contribution in [2.75, 3.05) is 7.05 Å². The maximum absolute atomic E-state index is 10.4. The van der Waals surface area contributed by atoms with Gasteiger partial charge in [0.2, 0.25) is 5.91 Å². The van der Waals surface area contributed by atoms with E-state index in [9.17, 15) is 4.79 Å². The zero-order valence-electron chi connectivity index (χ0n) is 5.43. The number of nitrogens with two attached hydrogens (primary N) is 1. The first kappa shape index (κ1) is 7.43. The van der Waals surface area contributed by atoms with Gasteiger partial charge < -0.3 is 5.73 Å². The molecule has 0 atom stereocenters. The lowest BCUT2D eigenvalue weighted by Crippen LogP contribution is -2.44. The smallest absolute Gasteiger partial charge is 0.238 e. The van der Waals surface area contributed by atoms with E-state index in [1.165, 1.54) is 0 Å². The Morgan fingerprint density at radius 3 is 2.00 bits per heavy atom. The predicted molar refractivity (Wildman–Crippen MR) is 31.3 cm³/mol. The topological polar surface area (TPSA) is 57.2 Å². The van der Waals surface area contributed by atoms with Gasteiger partial charge in [0.05, 0.1) is 0 Å². The summed E-state index contributed by atoms with van der Waals surface area (Å²) in [6, 6.07) is 0. The molecule has 3 nitrogen and oxygen atoms in total. The summed E-state index contributed by atoms with van der Waals surface area (Å²) in [5, 5.41) is 3.75. The SMILES string of the molecule is C[N]C(C)(C)C(N)=O. The van der Waals surface area contributed by atoms with Gasteiger partial charge in [-0.15, -0.1) is 0 Å². The van der Waals surface area contributed by atoms with Gasteiger partial charge in [0, 0.05) is 7.05 Å². The lowest BCUT2D eigenvalue weighted by atomic mass is 10.1. The minimum atomic E-state index is -0.694. The summed E-state index contributed by atoms with van der Waals surface area (Å²) in [6.07, 6.45) is 0. The van der Waals surface area contributed by atoms with Crippen LogP contribution in [0, 0.1) is 0 Å². The molecule has 0 aliphatic rings. The van der Waals surface area contributed by atoms with Gasteiger partial charge in [0.15, 0.2) is 0 Å². The molecule has 1 amide bonds. The molecule has 0 heterocycles. The highest BCUT2D eigenvalue weighted by atomic mass is 16.1. The molecule has 8 heavy (non-hydrogen) atoms. The number of primary amides is 1. The first-order valence-electron chi connectivity index (χ1n) is 2.41. The van der Waals surface area contributed by atoms with Crippen molar-refractivity contribution in [2.45, 2.75) is 19.4 Å². The zero-order chi connectivity index (χ0) is 6.78. The van der Waals surface area contributed by atoms with Gasteiger partial charge in [-0.2, -0.15) is 0 Å². The van der Waals surface area contributed by atoms with Crippen molar-refractivity contribution in [1.29, 1.82) is 0 Å². The van der Waals surface area contributed by atoms with Gasteiger partial charge in [-0.05, 0) is 13.8 Å². The average Bonchev–Trinajstić information content (AvgIpc) is 1.67. The molecule has 0 saturated heterocycles. The highest BCUT2D eigenvalue weighted by molar-refractivity contribution is 5.83. The van der Waals surface area contributed by atoms with Crippen molar-refractivity contribution in [3.05, 3.63) is 0 Å². The number of hydrogen-bond acceptors (Lipinski definition) is 1. The number of nitrogens with zero attached hydrogens (tertiary/aromatic N) is 1. The molecule has 0 aromatic heterocycles. The first-order valence-corrected chi connectivity index (χ1v) is 2.41. The van der Waals surface area contributed by atoms with Crippen LogP contribution in [0.5, 0.6) is 0 Å². The number of amides is 1. The fourth-order valence-corrected chi connectivity index (χ4v) is 0.110. The largest absolute Gasteiger partial charge is 0.368 e. The van der Waals surface area contributed by atoms with E-state index >= 15 is 0 Å². The Morgan fingerprint density at radius 2 is 2.00 bits per heavy atom. The summed E-state index contributed by atoms with van der Waals surface area (Å²) in [7, 11) is 1.57. The molecule has 0 bridgehead atoms. The summed E-state index contributed by atoms with van der Waals surface area (Å²) in [5.74, 6) is -0.389. The number of carbonyl (C=O) groups is 1. The van der Waals surface area contributed by atoms with Crippen LogP contribution in [0.25, 0.3) is 0 Å². The molecule has 0 unspecified atom stereocenters. The molecular formula is C5H11N2O. The van der Waals surface area contributed by atoms with Crippen LogP contribution in [0.1, 0.15) is 13.8 Å². The highest BCUT2D eigenvalue weighted by Gasteiger charge is 2.22. The number of carbonyl (C=O) groups excluding carboxylic acids is 1. The summed E-state index contributed by atoms with van der Waals surface area (Å²) in [6.45, 7) is 3.35. The lowest BCUT2D eigenvalue weighted by Gasteiger charge is -2.15. The van der Waals surface area contributed by atoms with Crippen molar-refractivity contribution in [2.24, 2.45) is 5.73 Å². The third-order valence-corrected chi connectivity index (χ3v) is 1.16. The second-order valence-electron chi connectivity index (χ2n) is 2.15. The maximum Gasteiger partial charge on any atom is 0.238 e. The Bertz CT molecular complexity index is 98.6. The van der Waals surface area contributed by atoms with E-state index in [0.717, 1.165) is 0 Å². The van der Waals surface area contributed by atoms with E-state index in [0.29, 0.717) is 0 Å². The monoisotopic (exact) mass is 115 g/mol. The summed E-state index contributed by atoms with van der Waals surface area (Å²) in [4.78, 5) is 10.4. The second kappa shape index (κ2) is 2.13. The van der Waals surface area contributed by atoms with E-state index in [1.807, 2.05) is 0 Å². The summed E-state index contributed by atoms with van der Waals surface area (Å²) < 4.78 is 0. The summed E-state index contributed by atoms with van der Waals surface area (Å²) >= 11 is 0. The average molecular weight is 115 g/mol. The Hall–Kier alpha value is -0.570. The quantitative estimate of drug-likeness (QED) is 0.517. The molecular weight excluding hydrogens is 104 g/mol. The van der Waals surface area contributed by atoms with Gasteiger partial charge in [-0.1, -0.05) is 0 Å². The molecule has 0 fully saturated rings. The van der Waals surface area contributed by atoms with E-state index < -0.39 is 5.54 Å². The van der Waals surface area contributed by atoms with Crippen LogP contribution < -0.4 is 11.1 Å². The number of rotatable bonds is 2. The molecule has 0 rings (SSSR count). The normalized spacial score (nSPS) is 11.4. The molecule has 47 valence electrons. The van der Waals surface area contributed by atoms with Crippen LogP contribution >= 0.6 is 0 Å². The van der Waals surface area contributed by atoms with Crippen LogP contribution in [0.4, 0.5) is 0 Å². The van der Waals surface area contributed by atoms with Gasteiger partial charge in [-0.3, -0.25) is 4.79 Å². The molecule has 3 heteroatoms. The lowest BCUT2D eigenvalue weighted by molar-refractivity contribution is -0.123. The van der Waals surface area contributed by atoms with E-state index in [2.05, 4.69) is 5.32 Å². The Labute approximate surface area is 49.3 Å². The first-order chi connectivity index (χ1) is 3.50. The number of hydrogen-bond donors (Lipinski definition) is 1. The van der Waals surface area contributed by atoms with Gasteiger partial charge in [0.1, 0.15) is 5.54 Å². The Balaban J connectivity index is 3.91. The molecule has 0 aromatic rings. The fraction of sp³-hybridized carbons (Fsp3) is 0.800. The Kier molecular flexibility index (Phi) is 1.98. The van der Waals surface area contributed by atoms with Gasteiger partial charge in [0.25, 0.3) is 0 Å². The van der Waals surface area contributed by atoms with Crippen LogP contribution in [0.2, 0.25) is 0 Å². The molecule has 2 N–H and O–H groups in total. The minimum absolute atomic E-state index is 0.389. The van der Waals surface area contributed by atoms with E-state index in [-0.39, 0.29) is 5.91 Å². The zero-order valence-corrected chi connectivity index (χ0v) is 5.43. The van der Waals surface area contributed by atoms with E-state index in [4.69, 9.17) is 5.73 Å². The van der Waals surface area contributed by atoms with E-state index in [1.54, 1.807) is 20.9 Å². The Morgan fingerprint density at radius 1 is 1.62 bits per heavy atom. The predicted octanol–water partition coefficient (Wildman–Crippen LogP) is -0.516. The molecule has 0 saturated carbocycles. The van der Waals surface area contributed by atoms with Crippen molar-refractivity contribution in [1.82, 2.24) is 5.32 Å². The molecule has 0 aliphatic carbocycles. The van der Waals surface area contributed by atoms with Gasteiger partial charge >= 0.3 is 0 Å². The second-order valence-corrected chi connectivity index (χ2v) is 2.15. The fourth-order valence-electron chi connectivity index (χ4n) is 0.110. The van der Waals surface area contributed by atoms with Crippen molar-refractivity contribution < 1.29 is 4.79 Å². The number of likely N-dealkylation sites (N-methyl/N-ethyl adjacent to an activating group) is 1. The maximum atomic E-state index is 10.4. The van der Waals surface area contributed by atoms with Crippen molar-refractivity contribution in [3.8, 4) is 0 Å². The highest BCUT2D eigenvalue weighted by Crippen LogP contribution is 1.98.